The molecule has 1 N–H and O–H groups in total. The number of thiazole rings is 1. The van der Waals surface area contributed by atoms with Gasteiger partial charge in [0.2, 0.25) is 5.91 Å². The minimum absolute atomic E-state index is 0.138. The highest BCUT2D eigenvalue weighted by Crippen LogP contribution is 2.29. The van der Waals surface area contributed by atoms with E-state index in [1.807, 2.05) is 6.92 Å². The number of hydrogen-bond donors (Lipinski definition) is 1. The summed E-state index contributed by atoms with van der Waals surface area (Å²) in [5, 5.41) is 4.26. The molecule has 4 heteroatoms. The standard InChI is InChI=1S/C20H26N2OS/c1-14-9-11-16(12-10-14)20-18(24-15(2)21-20)13-19(23)22-17-7-5-3-4-6-8-17/h9-12,17H,3-8,13H2,1-2H3,(H,22,23). The van der Waals surface area contributed by atoms with E-state index in [2.05, 4.69) is 41.5 Å². The average molecular weight is 343 g/mol. The van der Waals surface area contributed by atoms with Crippen molar-refractivity contribution in [3.63, 3.8) is 0 Å². The van der Waals surface area contributed by atoms with E-state index in [0.717, 1.165) is 34.0 Å². The topological polar surface area (TPSA) is 42.0 Å². The monoisotopic (exact) mass is 342 g/mol. The van der Waals surface area contributed by atoms with Crippen molar-refractivity contribution in [2.45, 2.75) is 64.8 Å². The number of carbonyl (C=O) groups excluding carboxylic acids is 1. The van der Waals surface area contributed by atoms with Crippen LogP contribution in [0.3, 0.4) is 0 Å². The van der Waals surface area contributed by atoms with E-state index in [-0.39, 0.29) is 5.91 Å². The van der Waals surface area contributed by atoms with Gasteiger partial charge < -0.3 is 5.32 Å². The number of amides is 1. The van der Waals surface area contributed by atoms with Crippen LogP contribution in [0.2, 0.25) is 0 Å². The lowest BCUT2D eigenvalue weighted by Crippen LogP contribution is -2.35. The summed E-state index contributed by atoms with van der Waals surface area (Å²) in [4.78, 5) is 18.2. The first-order valence-electron chi connectivity index (χ1n) is 8.94. The Morgan fingerprint density at radius 3 is 2.46 bits per heavy atom. The van der Waals surface area contributed by atoms with E-state index in [9.17, 15) is 4.79 Å². The first-order valence-corrected chi connectivity index (χ1v) is 9.76. The van der Waals surface area contributed by atoms with Gasteiger partial charge in [-0.25, -0.2) is 4.98 Å². The molecule has 1 aromatic carbocycles. The number of nitrogens with one attached hydrogen (secondary N) is 1. The van der Waals surface area contributed by atoms with E-state index in [4.69, 9.17) is 0 Å². The van der Waals surface area contributed by atoms with Crippen molar-refractivity contribution in [3.05, 3.63) is 39.7 Å². The van der Waals surface area contributed by atoms with Gasteiger partial charge in [0.1, 0.15) is 0 Å². The van der Waals surface area contributed by atoms with E-state index in [0.29, 0.717) is 12.5 Å². The van der Waals surface area contributed by atoms with Gasteiger partial charge in [-0.05, 0) is 26.7 Å². The van der Waals surface area contributed by atoms with Gasteiger partial charge in [0.15, 0.2) is 0 Å². The first kappa shape index (κ1) is 17.2. The summed E-state index contributed by atoms with van der Waals surface area (Å²) in [7, 11) is 0. The number of nitrogens with zero attached hydrogens (tertiary/aromatic N) is 1. The van der Waals surface area contributed by atoms with Crippen molar-refractivity contribution in [1.82, 2.24) is 10.3 Å². The largest absolute Gasteiger partial charge is 0.353 e. The maximum Gasteiger partial charge on any atom is 0.225 e. The summed E-state index contributed by atoms with van der Waals surface area (Å²) in [6.45, 7) is 4.09. The van der Waals surface area contributed by atoms with Gasteiger partial charge in [0, 0.05) is 16.5 Å². The molecular weight excluding hydrogens is 316 g/mol. The zero-order valence-electron chi connectivity index (χ0n) is 14.6. The molecule has 0 aliphatic heterocycles. The molecule has 1 aromatic heterocycles. The molecule has 24 heavy (non-hydrogen) atoms. The van der Waals surface area contributed by atoms with E-state index >= 15 is 0 Å². The maximum atomic E-state index is 12.5. The van der Waals surface area contributed by atoms with Crippen LogP contribution in [0.4, 0.5) is 0 Å². The molecule has 128 valence electrons. The Morgan fingerprint density at radius 2 is 1.79 bits per heavy atom. The third-order valence-electron chi connectivity index (χ3n) is 4.67. The zero-order chi connectivity index (χ0) is 16.9. The van der Waals surface area contributed by atoms with Crippen molar-refractivity contribution in [3.8, 4) is 11.3 Å². The van der Waals surface area contributed by atoms with Crippen LogP contribution in [-0.4, -0.2) is 16.9 Å². The second-order valence-corrected chi connectivity index (χ2v) is 8.09. The number of hydrogen-bond acceptors (Lipinski definition) is 3. The molecule has 1 aliphatic rings. The van der Waals surface area contributed by atoms with Crippen molar-refractivity contribution in [1.29, 1.82) is 0 Å². The third kappa shape index (κ3) is 4.44. The van der Waals surface area contributed by atoms with Crippen LogP contribution in [0.1, 0.15) is 54.0 Å². The number of benzene rings is 1. The number of rotatable bonds is 4. The zero-order valence-corrected chi connectivity index (χ0v) is 15.4. The van der Waals surface area contributed by atoms with E-state index in [1.54, 1.807) is 11.3 Å². The predicted octanol–water partition coefficient (Wildman–Crippen LogP) is 4.81. The molecular formula is C20H26N2OS. The van der Waals surface area contributed by atoms with E-state index in [1.165, 1.54) is 31.2 Å². The van der Waals surface area contributed by atoms with Crippen molar-refractivity contribution >= 4 is 17.2 Å². The van der Waals surface area contributed by atoms with Crippen LogP contribution < -0.4 is 5.32 Å². The normalized spacial score (nSPS) is 15.9. The quantitative estimate of drug-likeness (QED) is 0.810. The van der Waals surface area contributed by atoms with Gasteiger partial charge in [-0.2, -0.15) is 0 Å². The Bertz CT molecular complexity index is 682. The summed E-state index contributed by atoms with van der Waals surface area (Å²) < 4.78 is 0. The highest BCUT2D eigenvalue weighted by atomic mass is 32.1. The molecule has 0 bridgehead atoms. The van der Waals surface area contributed by atoms with Gasteiger partial charge >= 0.3 is 0 Å². The molecule has 3 nitrogen and oxygen atoms in total. The summed E-state index contributed by atoms with van der Waals surface area (Å²) in [6, 6.07) is 8.74. The van der Waals surface area contributed by atoms with E-state index < -0.39 is 0 Å². The fourth-order valence-corrected chi connectivity index (χ4v) is 4.33. The lowest BCUT2D eigenvalue weighted by Gasteiger charge is -2.16. The summed E-state index contributed by atoms with van der Waals surface area (Å²) in [5.41, 5.74) is 3.30. The molecule has 0 saturated heterocycles. The van der Waals surface area contributed by atoms with Crippen LogP contribution in [-0.2, 0) is 11.2 Å². The lowest BCUT2D eigenvalue weighted by atomic mass is 10.1. The first-order chi connectivity index (χ1) is 11.6. The van der Waals surface area contributed by atoms with Crippen molar-refractivity contribution < 1.29 is 4.79 Å². The number of aromatic nitrogens is 1. The Labute approximate surface area is 148 Å². The van der Waals surface area contributed by atoms with Crippen LogP contribution in [0, 0.1) is 13.8 Å². The molecule has 2 aromatic rings. The van der Waals surface area contributed by atoms with Gasteiger partial charge in [-0.1, -0.05) is 55.5 Å². The number of aryl methyl sites for hydroxylation is 2. The molecule has 1 fully saturated rings. The smallest absolute Gasteiger partial charge is 0.225 e. The molecule has 1 heterocycles. The number of carbonyl (C=O) groups is 1. The third-order valence-corrected chi connectivity index (χ3v) is 5.64. The highest BCUT2D eigenvalue weighted by Gasteiger charge is 2.18. The SMILES string of the molecule is Cc1ccc(-c2nc(C)sc2CC(=O)NC2CCCCCC2)cc1. The molecule has 0 spiro atoms. The minimum atomic E-state index is 0.138. The fourth-order valence-electron chi connectivity index (χ4n) is 3.37. The lowest BCUT2D eigenvalue weighted by molar-refractivity contribution is -0.121. The van der Waals surface area contributed by atoms with Gasteiger partial charge in [0.05, 0.1) is 17.1 Å². The van der Waals surface area contributed by atoms with Crippen LogP contribution in [0.25, 0.3) is 11.3 Å². The Balaban J connectivity index is 1.70. The molecule has 3 rings (SSSR count). The fraction of sp³-hybridized carbons (Fsp3) is 0.500. The highest BCUT2D eigenvalue weighted by molar-refractivity contribution is 7.12. The molecule has 0 radical (unpaired) electrons. The maximum absolute atomic E-state index is 12.5. The van der Waals surface area contributed by atoms with Gasteiger partial charge in [-0.15, -0.1) is 11.3 Å². The van der Waals surface area contributed by atoms with Gasteiger partial charge in [0.25, 0.3) is 0 Å². The molecule has 0 unspecified atom stereocenters. The van der Waals surface area contributed by atoms with Crippen molar-refractivity contribution in [2.24, 2.45) is 0 Å². The Hall–Kier alpha value is -1.68. The minimum Gasteiger partial charge on any atom is -0.353 e. The Kier molecular flexibility index (Phi) is 5.67. The molecule has 1 saturated carbocycles. The summed E-state index contributed by atoms with van der Waals surface area (Å²) >= 11 is 1.64. The van der Waals surface area contributed by atoms with Crippen LogP contribution >= 0.6 is 11.3 Å². The molecule has 1 amide bonds. The van der Waals surface area contributed by atoms with Crippen LogP contribution in [0.5, 0.6) is 0 Å². The second-order valence-electron chi connectivity index (χ2n) is 6.80. The Morgan fingerprint density at radius 1 is 1.12 bits per heavy atom. The van der Waals surface area contributed by atoms with Crippen molar-refractivity contribution in [2.75, 3.05) is 0 Å². The van der Waals surface area contributed by atoms with Gasteiger partial charge in [-0.3, -0.25) is 4.79 Å². The van der Waals surface area contributed by atoms with Crippen LogP contribution in [0.15, 0.2) is 24.3 Å². The summed E-state index contributed by atoms with van der Waals surface area (Å²) in [6.07, 6.45) is 7.76. The second kappa shape index (κ2) is 7.93. The molecule has 1 aliphatic carbocycles. The average Bonchev–Trinajstić information content (AvgIpc) is 2.74. The predicted molar refractivity (Wildman–Crippen MR) is 100 cm³/mol. The summed E-state index contributed by atoms with van der Waals surface area (Å²) in [5.74, 6) is 0.138. The molecule has 0 atom stereocenters.